The summed E-state index contributed by atoms with van der Waals surface area (Å²) in [5.74, 6) is 2.08. The average molecular weight is 298 g/mol. The highest BCUT2D eigenvalue weighted by atomic mass is 35.5. The molecule has 0 saturated carbocycles. The van der Waals surface area contributed by atoms with Crippen molar-refractivity contribution in [2.45, 2.75) is 27.7 Å². The van der Waals surface area contributed by atoms with Gasteiger partial charge in [-0.15, -0.1) is 0 Å². The molecule has 0 aliphatic carbocycles. The molecule has 4 heteroatoms. The molecule has 0 atom stereocenters. The number of amides is 1. The molecule has 1 rings (SSSR count). The van der Waals surface area contributed by atoms with Crippen molar-refractivity contribution in [3.8, 4) is 5.75 Å². The second kappa shape index (κ2) is 8.15. The van der Waals surface area contributed by atoms with Crippen LogP contribution in [0.5, 0.6) is 5.75 Å². The monoisotopic (exact) mass is 297 g/mol. The molecule has 0 spiro atoms. The van der Waals surface area contributed by atoms with Crippen LogP contribution in [0, 0.1) is 17.8 Å². The Morgan fingerprint density at radius 2 is 1.90 bits per heavy atom. The number of carbonyl (C=O) groups excluding carboxylic acids is 1. The van der Waals surface area contributed by atoms with E-state index in [9.17, 15) is 4.79 Å². The molecule has 0 unspecified atom stereocenters. The number of benzene rings is 1. The first-order chi connectivity index (χ1) is 9.40. The molecule has 0 aliphatic rings. The molecule has 112 valence electrons. The molecule has 0 radical (unpaired) electrons. The zero-order valence-electron chi connectivity index (χ0n) is 12.7. The van der Waals surface area contributed by atoms with Crippen molar-refractivity contribution in [2.24, 2.45) is 17.8 Å². The number of hydrogen-bond acceptors (Lipinski definition) is 2. The highest BCUT2D eigenvalue weighted by Crippen LogP contribution is 2.19. The third-order valence-electron chi connectivity index (χ3n) is 3.41. The van der Waals surface area contributed by atoms with Crippen LogP contribution in [-0.2, 0) is 4.79 Å². The Morgan fingerprint density at radius 1 is 1.25 bits per heavy atom. The van der Waals surface area contributed by atoms with Crippen LogP contribution in [0.3, 0.4) is 0 Å². The molecule has 3 nitrogen and oxygen atoms in total. The number of hydrogen-bond donors (Lipinski definition) is 1. The van der Waals surface area contributed by atoms with Gasteiger partial charge in [0.1, 0.15) is 5.75 Å². The molecular weight excluding hydrogens is 274 g/mol. The zero-order valence-corrected chi connectivity index (χ0v) is 13.4. The fourth-order valence-electron chi connectivity index (χ4n) is 2.23. The predicted octanol–water partition coefficient (Wildman–Crippen LogP) is 3.76. The van der Waals surface area contributed by atoms with Gasteiger partial charge in [0.25, 0.3) is 5.91 Å². The van der Waals surface area contributed by atoms with Gasteiger partial charge in [0, 0.05) is 11.6 Å². The lowest BCUT2D eigenvalue weighted by molar-refractivity contribution is -0.123. The normalized spacial score (nSPS) is 11.2. The van der Waals surface area contributed by atoms with Crippen LogP contribution in [0.1, 0.15) is 27.7 Å². The first kappa shape index (κ1) is 16.8. The fraction of sp³-hybridized carbons (Fsp3) is 0.562. The zero-order chi connectivity index (χ0) is 15.1. The summed E-state index contributed by atoms with van der Waals surface area (Å²) >= 11 is 5.85. The van der Waals surface area contributed by atoms with Gasteiger partial charge < -0.3 is 10.1 Å². The number of nitrogens with one attached hydrogen (secondary N) is 1. The van der Waals surface area contributed by atoms with Crippen molar-refractivity contribution in [1.82, 2.24) is 5.32 Å². The van der Waals surface area contributed by atoms with E-state index in [4.69, 9.17) is 16.3 Å². The molecule has 0 bridgehead atoms. The van der Waals surface area contributed by atoms with E-state index in [1.54, 1.807) is 24.3 Å². The summed E-state index contributed by atoms with van der Waals surface area (Å²) in [6, 6.07) is 7.04. The molecule has 1 aromatic carbocycles. The number of rotatable bonds is 7. The van der Waals surface area contributed by atoms with Crippen LogP contribution in [0.15, 0.2) is 24.3 Å². The molecule has 0 heterocycles. The molecule has 0 fully saturated rings. The summed E-state index contributed by atoms with van der Waals surface area (Å²) in [5, 5.41) is 3.53. The van der Waals surface area contributed by atoms with Crippen molar-refractivity contribution in [1.29, 1.82) is 0 Å². The Kier molecular flexibility index (Phi) is 6.86. The van der Waals surface area contributed by atoms with Crippen LogP contribution in [0.4, 0.5) is 0 Å². The second-order valence-corrected chi connectivity index (χ2v) is 6.14. The van der Waals surface area contributed by atoms with Crippen LogP contribution >= 0.6 is 11.6 Å². The van der Waals surface area contributed by atoms with Gasteiger partial charge in [-0.1, -0.05) is 45.4 Å². The van der Waals surface area contributed by atoms with Gasteiger partial charge in [0.15, 0.2) is 6.61 Å². The maximum atomic E-state index is 11.8. The predicted molar refractivity (Wildman–Crippen MR) is 83.1 cm³/mol. The van der Waals surface area contributed by atoms with E-state index in [2.05, 4.69) is 33.0 Å². The summed E-state index contributed by atoms with van der Waals surface area (Å²) < 4.78 is 5.41. The van der Waals surface area contributed by atoms with Crippen LogP contribution in [-0.4, -0.2) is 19.1 Å². The summed E-state index contributed by atoms with van der Waals surface area (Å²) in [6.07, 6.45) is 0. The Labute approximate surface area is 126 Å². The topological polar surface area (TPSA) is 38.3 Å². The van der Waals surface area contributed by atoms with E-state index in [1.807, 2.05) is 0 Å². The quantitative estimate of drug-likeness (QED) is 0.832. The van der Waals surface area contributed by atoms with Crippen molar-refractivity contribution in [2.75, 3.05) is 13.2 Å². The smallest absolute Gasteiger partial charge is 0.257 e. The summed E-state index contributed by atoms with van der Waals surface area (Å²) in [5.41, 5.74) is 0. The Balaban J connectivity index is 2.37. The largest absolute Gasteiger partial charge is 0.484 e. The number of ether oxygens (including phenoxy) is 1. The molecule has 1 amide bonds. The van der Waals surface area contributed by atoms with Gasteiger partial charge in [0.2, 0.25) is 0 Å². The highest BCUT2D eigenvalue weighted by Gasteiger charge is 2.18. The Bertz CT molecular complexity index is 424. The lowest BCUT2D eigenvalue weighted by atomic mass is 9.85. The first-order valence-electron chi connectivity index (χ1n) is 7.05. The van der Waals surface area contributed by atoms with Crippen molar-refractivity contribution in [3.05, 3.63) is 29.3 Å². The van der Waals surface area contributed by atoms with Crippen molar-refractivity contribution in [3.63, 3.8) is 0 Å². The van der Waals surface area contributed by atoms with E-state index in [1.165, 1.54) is 0 Å². The third kappa shape index (κ3) is 5.83. The van der Waals surface area contributed by atoms with E-state index in [0.717, 1.165) is 0 Å². The first-order valence-corrected chi connectivity index (χ1v) is 7.43. The van der Waals surface area contributed by atoms with Crippen LogP contribution in [0.25, 0.3) is 0 Å². The molecule has 0 aromatic heterocycles. The van der Waals surface area contributed by atoms with Crippen molar-refractivity contribution >= 4 is 17.5 Å². The van der Waals surface area contributed by atoms with Gasteiger partial charge in [-0.25, -0.2) is 0 Å². The number of carbonyl (C=O) groups is 1. The minimum atomic E-state index is -0.101. The molecule has 1 aromatic rings. The van der Waals surface area contributed by atoms with Crippen molar-refractivity contribution < 1.29 is 9.53 Å². The molecule has 0 aliphatic heterocycles. The highest BCUT2D eigenvalue weighted by molar-refractivity contribution is 6.30. The molecule has 1 N–H and O–H groups in total. The molecule has 0 saturated heterocycles. The van der Waals surface area contributed by atoms with Crippen LogP contribution in [0.2, 0.25) is 5.02 Å². The Hall–Kier alpha value is -1.22. The van der Waals surface area contributed by atoms with Gasteiger partial charge in [0.05, 0.1) is 0 Å². The lowest BCUT2D eigenvalue weighted by Crippen LogP contribution is -2.36. The van der Waals surface area contributed by atoms with Gasteiger partial charge in [-0.3, -0.25) is 4.79 Å². The van der Waals surface area contributed by atoms with Gasteiger partial charge in [-0.05, 0) is 36.0 Å². The SMILES string of the molecule is CC(C)C(CNC(=O)COc1cccc(Cl)c1)C(C)C. The fourth-order valence-corrected chi connectivity index (χ4v) is 2.41. The lowest BCUT2D eigenvalue weighted by Gasteiger charge is -2.25. The standard InChI is InChI=1S/C16H24ClNO2/c1-11(2)15(12(3)4)9-18-16(19)10-20-14-7-5-6-13(17)8-14/h5-8,11-12,15H,9-10H2,1-4H3,(H,18,19). The Morgan fingerprint density at radius 3 is 2.45 bits per heavy atom. The van der Waals surface area contributed by atoms with E-state index in [-0.39, 0.29) is 12.5 Å². The summed E-state index contributed by atoms with van der Waals surface area (Å²) in [7, 11) is 0. The summed E-state index contributed by atoms with van der Waals surface area (Å²) in [4.78, 5) is 11.8. The maximum absolute atomic E-state index is 11.8. The van der Waals surface area contributed by atoms with E-state index in [0.29, 0.717) is 35.1 Å². The van der Waals surface area contributed by atoms with Crippen LogP contribution < -0.4 is 10.1 Å². The van der Waals surface area contributed by atoms with Gasteiger partial charge in [-0.2, -0.15) is 0 Å². The maximum Gasteiger partial charge on any atom is 0.257 e. The average Bonchev–Trinajstić information content (AvgIpc) is 2.35. The molecule has 20 heavy (non-hydrogen) atoms. The van der Waals surface area contributed by atoms with E-state index >= 15 is 0 Å². The molecular formula is C16H24ClNO2. The third-order valence-corrected chi connectivity index (χ3v) is 3.65. The van der Waals surface area contributed by atoms with E-state index < -0.39 is 0 Å². The minimum absolute atomic E-state index is 0.0171. The van der Waals surface area contributed by atoms with Gasteiger partial charge >= 0.3 is 0 Å². The summed E-state index contributed by atoms with van der Waals surface area (Å²) in [6.45, 7) is 9.42. The minimum Gasteiger partial charge on any atom is -0.484 e. The second-order valence-electron chi connectivity index (χ2n) is 5.70. The number of halogens is 1.